The van der Waals surface area contributed by atoms with Crippen LogP contribution >= 0.6 is 0 Å². The number of phenolic OH excluding ortho intramolecular Hbond substituents is 2. The minimum Gasteiger partial charge on any atom is -0.508 e. The molecular weight excluding hydrogens is 436 g/mol. The predicted octanol–water partition coefficient (Wildman–Crippen LogP) is 5.05. The molecule has 3 N–H and O–H groups in total. The van der Waals surface area contributed by atoms with E-state index in [1.807, 2.05) is 12.1 Å². The molecule has 0 atom stereocenters. The van der Waals surface area contributed by atoms with E-state index in [4.69, 9.17) is 14.6 Å². The molecule has 168 valence electrons. The molecule has 0 bridgehead atoms. The van der Waals surface area contributed by atoms with Gasteiger partial charge >= 0.3 is 11.9 Å². The second-order valence-corrected chi connectivity index (χ2v) is 7.75. The fourth-order valence-corrected chi connectivity index (χ4v) is 4.23. The summed E-state index contributed by atoms with van der Waals surface area (Å²) < 4.78 is 11.8. The Balaban J connectivity index is 0.000000227. The standard InChI is InChI=1S/C20H12O5.C7H6O2/c21-11-5-7-15-17(9-11)24-18-10-12(22)6-8-16(18)20(15)14-4-2-1-3-13(14)19(23)25-20;8-7(9)6-4-2-1-3-5-6/h1-10,21-22H;1-5H,(H,8,9). The molecule has 4 aromatic rings. The van der Waals surface area contributed by atoms with Crippen LogP contribution in [0.5, 0.6) is 23.0 Å². The van der Waals surface area contributed by atoms with E-state index in [1.165, 1.54) is 24.3 Å². The molecule has 2 aliphatic heterocycles. The van der Waals surface area contributed by atoms with Crippen molar-refractivity contribution in [1.29, 1.82) is 0 Å². The lowest BCUT2D eigenvalue weighted by molar-refractivity contribution is 0.0224. The maximum Gasteiger partial charge on any atom is 0.340 e. The summed E-state index contributed by atoms with van der Waals surface area (Å²) in [6.07, 6.45) is 0. The van der Waals surface area contributed by atoms with Crippen LogP contribution in [-0.4, -0.2) is 27.3 Å². The Bertz CT molecular complexity index is 1370. The van der Waals surface area contributed by atoms with Gasteiger partial charge < -0.3 is 24.8 Å². The van der Waals surface area contributed by atoms with Crippen molar-refractivity contribution in [3.63, 3.8) is 0 Å². The first kappa shape index (κ1) is 21.1. The van der Waals surface area contributed by atoms with E-state index < -0.39 is 17.5 Å². The van der Waals surface area contributed by atoms with Crippen LogP contribution in [0.1, 0.15) is 37.4 Å². The van der Waals surface area contributed by atoms with Gasteiger partial charge in [0.15, 0.2) is 5.60 Å². The third-order valence-electron chi connectivity index (χ3n) is 5.70. The van der Waals surface area contributed by atoms with E-state index in [-0.39, 0.29) is 11.5 Å². The number of phenols is 2. The minimum absolute atomic E-state index is 0.0371. The van der Waals surface area contributed by atoms with Crippen LogP contribution in [0.15, 0.2) is 91.0 Å². The number of rotatable bonds is 1. The number of carbonyl (C=O) groups excluding carboxylic acids is 1. The van der Waals surface area contributed by atoms with Gasteiger partial charge in [-0.1, -0.05) is 36.4 Å². The molecule has 7 heteroatoms. The van der Waals surface area contributed by atoms with Gasteiger partial charge in [-0.25, -0.2) is 9.59 Å². The molecule has 4 aromatic carbocycles. The van der Waals surface area contributed by atoms with Crippen LogP contribution in [-0.2, 0) is 10.3 Å². The average Bonchev–Trinajstić information content (AvgIpc) is 3.13. The van der Waals surface area contributed by atoms with Crippen LogP contribution in [0, 0.1) is 0 Å². The zero-order valence-electron chi connectivity index (χ0n) is 17.6. The number of esters is 1. The van der Waals surface area contributed by atoms with Crippen molar-refractivity contribution in [1.82, 2.24) is 0 Å². The molecule has 0 saturated carbocycles. The molecule has 0 aromatic heterocycles. The van der Waals surface area contributed by atoms with Gasteiger partial charge in [-0.2, -0.15) is 0 Å². The van der Waals surface area contributed by atoms with E-state index in [2.05, 4.69) is 0 Å². The Morgan fingerprint density at radius 2 is 1.26 bits per heavy atom. The number of aromatic carboxylic acids is 1. The molecule has 7 nitrogen and oxygen atoms in total. The number of carboxylic acid groups (broad SMARTS) is 1. The first-order valence-electron chi connectivity index (χ1n) is 10.4. The van der Waals surface area contributed by atoms with Crippen molar-refractivity contribution < 1.29 is 34.4 Å². The predicted molar refractivity (Wildman–Crippen MR) is 121 cm³/mol. The SMILES string of the molecule is O=C(O)c1ccccc1.O=C1OC2(c3ccc(O)cc3Oc3cc(O)ccc32)c2ccccc21. The fraction of sp³-hybridized carbons (Fsp3) is 0.0370. The lowest BCUT2D eigenvalue weighted by atomic mass is 9.77. The highest BCUT2D eigenvalue weighted by molar-refractivity contribution is 5.97. The molecule has 0 unspecified atom stereocenters. The summed E-state index contributed by atoms with van der Waals surface area (Å²) in [6.45, 7) is 0. The molecule has 0 fully saturated rings. The monoisotopic (exact) mass is 454 g/mol. The van der Waals surface area contributed by atoms with Gasteiger partial charge in [-0.3, -0.25) is 0 Å². The maximum absolute atomic E-state index is 12.5. The first-order valence-corrected chi connectivity index (χ1v) is 10.4. The topological polar surface area (TPSA) is 113 Å². The smallest absolute Gasteiger partial charge is 0.340 e. The maximum atomic E-state index is 12.5. The number of carbonyl (C=O) groups is 2. The lowest BCUT2D eigenvalue weighted by Gasteiger charge is -2.36. The average molecular weight is 454 g/mol. The molecule has 34 heavy (non-hydrogen) atoms. The van der Waals surface area contributed by atoms with Gasteiger partial charge in [-0.05, 0) is 42.5 Å². The Hall–Kier alpha value is -4.78. The number of benzene rings is 4. The fourth-order valence-electron chi connectivity index (χ4n) is 4.23. The quantitative estimate of drug-likeness (QED) is 0.345. The Kier molecular flexibility index (Phi) is 4.94. The summed E-state index contributed by atoms with van der Waals surface area (Å²) in [5.41, 5.74) is 1.61. The summed E-state index contributed by atoms with van der Waals surface area (Å²) >= 11 is 0. The summed E-state index contributed by atoms with van der Waals surface area (Å²) in [5, 5.41) is 28.0. The highest BCUT2D eigenvalue weighted by Crippen LogP contribution is 2.56. The lowest BCUT2D eigenvalue weighted by Crippen LogP contribution is -2.32. The van der Waals surface area contributed by atoms with Crippen molar-refractivity contribution in [2.75, 3.05) is 0 Å². The molecule has 2 heterocycles. The molecule has 0 saturated heterocycles. The zero-order chi connectivity index (χ0) is 23.9. The van der Waals surface area contributed by atoms with E-state index in [1.54, 1.807) is 54.6 Å². The largest absolute Gasteiger partial charge is 0.508 e. The Morgan fingerprint density at radius 1 is 0.706 bits per heavy atom. The molecule has 0 amide bonds. The molecule has 2 aliphatic rings. The van der Waals surface area contributed by atoms with Crippen LogP contribution in [0.25, 0.3) is 0 Å². The van der Waals surface area contributed by atoms with Gasteiger partial charge in [0.25, 0.3) is 0 Å². The van der Waals surface area contributed by atoms with E-state index >= 15 is 0 Å². The van der Waals surface area contributed by atoms with E-state index in [0.717, 1.165) is 0 Å². The van der Waals surface area contributed by atoms with Crippen LogP contribution in [0.4, 0.5) is 0 Å². The minimum atomic E-state index is -1.17. The summed E-state index contributed by atoms with van der Waals surface area (Å²) in [7, 11) is 0. The van der Waals surface area contributed by atoms with Crippen LogP contribution in [0.2, 0.25) is 0 Å². The van der Waals surface area contributed by atoms with E-state index in [0.29, 0.717) is 39.3 Å². The number of carboxylic acids is 1. The number of ether oxygens (including phenoxy) is 2. The van der Waals surface area contributed by atoms with Gasteiger partial charge in [0.1, 0.15) is 23.0 Å². The van der Waals surface area contributed by atoms with Crippen molar-refractivity contribution in [3.05, 3.63) is 119 Å². The van der Waals surface area contributed by atoms with Crippen molar-refractivity contribution >= 4 is 11.9 Å². The number of hydrogen-bond acceptors (Lipinski definition) is 6. The van der Waals surface area contributed by atoms with Gasteiger partial charge in [0.2, 0.25) is 0 Å². The van der Waals surface area contributed by atoms with Gasteiger partial charge in [0, 0.05) is 28.8 Å². The highest BCUT2D eigenvalue weighted by Gasteiger charge is 2.53. The third-order valence-corrected chi connectivity index (χ3v) is 5.70. The number of aromatic hydroxyl groups is 2. The van der Waals surface area contributed by atoms with Crippen molar-refractivity contribution in [3.8, 4) is 23.0 Å². The highest BCUT2D eigenvalue weighted by atomic mass is 16.6. The normalized spacial score (nSPS) is 13.9. The molecule has 0 radical (unpaired) electrons. The van der Waals surface area contributed by atoms with Gasteiger partial charge in [-0.15, -0.1) is 0 Å². The number of hydrogen-bond donors (Lipinski definition) is 3. The van der Waals surface area contributed by atoms with E-state index in [9.17, 15) is 19.8 Å². The Labute approximate surface area is 194 Å². The second kappa shape index (κ2) is 7.97. The van der Waals surface area contributed by atoms with Crippen molar-refractivity contribution in [2.45, 2.75) is 5.60 Å². The Morgan fingerprint density at radius 3 is 1.82 bits per heavy atom. The van der Waals surface area contributed by atoms with Crippen LogP contribution < -0.4 is 4.74 Å². The number of fused-ring (bicyclic) bond motifs is 6. The zero-order valence-corrected chi connectivity index (χ0v) is 17.6. The summed E-state index contributed by atoms with van der Waals surface area (Å²) in [5.74, 6) is -0.471. The van der Waals surface area contributed by atoms with Crippen molar-refractivity contribution in [2.24, 2.45) is 0 Å². The summed E-state index contributed by atoms with van der Waals surface area (Å²) in [4.78, 5) is 22.7. The molecular formula is C27H18O7. The van der Waals surface area contributed by atoms with Crippen LogP contribution in [0.3, 0.4) is 0 Å². The molecule has 6 rings (SSSR count). The van der Waals surface area contributed by atoms with Gasteiger partial charge in [0.05, 0.1) is 11.1 Å². The first-order chi connectivity index (χ1) is 16.4. The molecule has 0 aliphatic carbocycles. The second-order valence-electron chi connectivity index (χ2n) is 7.75. The summed E-state index contributed by atoms with van der Waals surface area (Å²) in [6, 6.07) is 24.9. The third kappa shape index (κ3) is 3.31. The molecule has 1 spiro atoms.